The first kappa shape index (κ1) is 15.3. The van der Waals surface area contributed by atoms with Gasteiger partial charge in [0.1, 0.15) is 23.2 Å². The molecule has 6 nitrogen and oxygen atoms in total. The van der Waals surface area contributed by atoms with Crippen LogP contribution in [0.25, 0.3) is 11.4 Å². The van der Waals surface area contributed by atoms with E-state index < -0.39 is 0 Å². The first-order valence-corrected chi connectivity index (χ1v) is 7.68. The molecule has 0 aliphatic carbocycles. The van der Waals surface area contributed by atoms with Gasteiger partial charge in [0.05, 0.1) is 11.3 Å². The van der Waals surface area contributed by atoms with Gasteiger partial charge in [-0.3, -0.25) is 0 Å². The van der Waals surface area contributed by atoms with Gasteiger partial charge in [0.25, 0.3) is 0 Å². The number of nitrogens with two attached hydrogens (primary N) is 1. The number of rotatable bonds is 2. The quantitative estimate of drug-likeness (QED) is 0.784. The third kappa shape index (κ3) is 2.96. The first-order valence-electron chi connectivity index (χ1n) is 7.68. The molecule has 6 heteroatoms. The van der Waals surface area contributed by atoms with E-state index in [-0.39, 0.29) is 17.5 Å². The number of piperidine rings is 1. The summed E-state index contributed by atoms with van der Waals surface area (Å²) in [7, 11) is 0. The Kier molecular flexibility index (Phi) is 4.13. The molecule has 2 heterocycles. The summed E-state index contributed by atoms with van der Waals surface area (Å²) in [5.41, 5.74) is 8.53. The molecule has 0 bridgehead atoms. The third-order valence-electron chi connectivity index (χ3n) is 4.15. The number of nitrogen functional groups attached to an aromatic ring is 1. The number of nitrogens with one attached hydrogen (secondary N) is 1. The van der Waals surface area contributed by atoms with Crippen LogP contribution < -0.4 is 11.1 Å². The smallest absolute Gasteiger partial charge is 0.165 e. The summed E-state index contributed by atoms with van der Waals surface area (Å²) in [5.74, 6) is 0.768. The minimum atomic E-state index is 0.104. The minimum absolute atomic E-state index is 0.104. The SMILES string of the molecule is Cc1ccc(O)c(-c2nc(N)c(C#N)c(C3CCCNC3)n2)c1. The number of aryl methyl sites for hydroxylation is 1. The van der Waals surface area contributed by atoms with Crippen LogP contribution in [0.5, 0.6) is 5.75 Å². The fourth-order valence-corrected chi connectivity index (χ4v) is 2.94. The molecule has 23 heavy (non-hydrogen) atoms. The van der Waals surface area contributed by atoms with Gasteiger partial charge in [0, 0.05) is 12.5 Å². The molecule has 1 saturated heterocycles. The molecule has 1 atom stereocenters. The van der Waals surface area contributed by atoms with E-state index in [1.807, 2.05) is 19.1 Å². The second-order valence-electron chi connectivity index (χ2n) is 5.87. The second kappa shape index (κ2) is 6.23. The molecule has 1 fully saturated rings. The monoisotopic (exact) mass is 309 g/mol. The number of hydrogen-bond donors (Lipinski definition) is 3. The molecule has 3 rings (SSSR count). The van der Waals surface area contributed by atoms with E-state index in [1.165, 1.54) is 0 Å². The van der Waals surface area contributed by atoms with E-state index in [1.54, 1.807) is 6.07 Å². The normalized spacial score (nSPS) is 17.7. The lowest BCUT2D eigenvalue weighted by Gasteiger charge is -2.23. The molecule has 1 aromatic heterocycles. The molecule has 0 saturated carbocycles. The zero-order valence-electron chi connectivity index (χ0n) is 13.0. The van der Waals surface area contributed by atoms with Crippen molar-refractivity contribution < 1.29 is 5.11 Å². The predicted octanol–water partition coefficient (Wildman–Crippen LogP) is 2.08. The molecule has 1 aromatic carbocycles. The van der Waals surface area contributed by atoms with Gasteiger partial charge in [0.15, 0.2) is 5.82 Å². The summed E-state index contributed by atoms with van der Waals surface area (Å²) in [6.45, 7) is 3.68. The Labute approximate surface area is 135 Å². The van der Waals surface area contributed by atoms with Crippen molar-refractivity contribution in [2.24, 2.45) is 0 Å². The van der Waals surface area contributed by atoms with Crippen LogP contribution in [0.1, 0.15) is 35.6 Å². The molecule has 1 aliphatic heterocycles. The highest BCUT2D eigenvalue weighted by atomic mass is 16.3. The summed E-state index contributed by atoms with van der Waals surface area (Å²) in [6.07, 6.45) is 1.99. The summed E-state index contributed by atoms with van der Waals surface area (Å²) in [6, 6.07) is 7.38. The van der Waals surface area contributed by atoms with Crippen molar-refractivity contribution >= 4 is 5.82 Å². The van der Waals surface area contributed by atoms with Crippen LogP contribution in [0.2, 0.25) is 0 Å². The highest BCUT2D eigenvalue weighted by Crippen LogP contribution is 2.32. The van der Waals surface area contributed by atoms with Crippen molar-refractivity contribution in [3.63, 3.8) is 0 Å². The Bertz CT molecular complexity index is 775. The molecule has 118 valence electrons. The summed E-state index contributed by atoms with van der Waals surface area (Å²) in [4.78, 5) is 8.82. The molecule has 4 N–H and O–H groups in total. The first-order chi connectivity index (χ1) is 11.1. The van der Waals surface area contributed by atoms with E-state index in [4.69, 9.17) is 5.73 Å². The lowest BCUT2D eigenvalue weighted by molar-refractivity contribution is 0.453. The topological polar surface area (TPSA) is 108 Å². The van der Waals surface area contributed by atoms with E-state index in [2.05, 4.69) is 21.4 Å². The van der Waals surface area contributed by atoms with Crippen molar-refractivity contribution in [3.05, 3.63) is 35.0 Å². The number of hydrogen-bond acceptors (Lipinski definition) is 6. The van der Waals surface area contributed by atoms with Gasteiger partial charge in [0.2, 0.25) is 0 Å². The second-order valence-corrected chi connectivity index (χ2v) is 5.87. The standard InChI is InChI=1S/C17H19N5O/c1-10-4-5-14(23)12(7-10)17-21-15(11-3-2-6-20-9-11)13(8-18)16(19)22-17/h4-5,7,11,20,23H,2-3,6,9H2,1H3,(H2,19,21,22). The van der Waals surface area contributed by atoms with Crippen LogP contribution in [0.4, 0.5) is 5.82 Å². The van der Waals surface area contributed by atoms with Crippen molar-refractivity contribution in [3.8, 4) is 23.2 Å². The fraction of sp³-hybridized carbons (Fsp3) is 0.353. The average Bonchev–Trinajstić information content (AvgIpc) is 2.57. The van der Waals surface area contributed by atoms with Gasteiger partial charge in [-0.25, -0.2) is 9.97 Å². The van der Waals surface area contributed by atoms with Gasteiger partial charge in [-0.05, 0) is 38.4 Å². The van der Waals surface area contributed by atoms with Crippen molar-refractivity contribution in [2.45, 2.75) is 25.7 Å². The Morgan fingerprint density at radius 1 is 1.39 bits per heavy atom. The van der Waals surface area contributed by atoms with Crippen LogP contribution in [0.3, 0.4) is 0 Å². The molecule has 2 aromatic rings. The molecular weight excluding hydrogens is 290 g/mol. The Balaban J connectivity index is 2.14. The minimum Gasteiger partial charge on any atom is -0.507 e. The molecule has 1 unspecified atom stereocenters. The number of phenols is 1. The van der Waals surface area contributed by atoms with Crippen LogP contribution >= 0.6 is 0 Å². The lowest BCUT2D eigenvalue weighted by atomic mass is 9.93. The van der Waals surface area contributed by atoms with Gasteiger partial charge < -0.3 is 16.2 Å². The maximum Gasteiger partial charge on any atom is 0.165 e. The number of anilines is 1. The largest absolute Gasteiger partial charge is 0.507 e. The van der Waals surface area contributed by atoms with E-state index in [0.29, 0.717) is 22.6 Å². The van der Waals surface area contributed by atoms with Gasteiger partial charge >= 0.3 is 0 Å². The zero-order valence-corrected chi connectivity index (χ0v) is 13.0. The van der Waals surface area contributed by atoms with Crippen LogP contribution in [0, 0.1) is 18.3 Å². The molecule has 0 amide bonds. The highest BCUT2D eigenvalue weighted by molar-refractivity contribution is 5.67. The number of phenolic OH excluding ortho intramolecular Hbond substituents is 1. The number of nitriles is 1. The Morgan fingerprint density at radius 2 is 2.22 bits per heavy atom. The number of aromatic hydroxyl groups is 1. The molecule has 1 aliphatic rings. The maximum absolute atomic E-state index is 10.1. The summed E-state index contributed by atoms with van der Waals surface area (Å²) >= 11 is 0. The number of aromatic nitrogens is 2. The number of nitrogens with zero attached hydrogens (tertiary/aromatic N) is 3. The lowest BCUT2D eigenvalue weighted by Crippen LogP contribution is -2.29. The zero-order chi connectivity index (χ0) is 16.4. The maximum atomic E-state index is 10.1. The van der Waals surface area contributed by atoms with Crippen molar-refractivity contribution in [2.75, 3.05) is 18.8 Å². The summed E-state index contributed by atoms with van der Waals surface area (Å²) < 4.78 is 0. The highest BCUT2D eigenvalue weighted by Gasteiger charge is 2.24. The van der Waals surface area contributed by atoms with E-state index in [9.17, 15) is 10.4 Å². The van der Waals surface area contributed by atoms with Gasteiger partial charge in [-0.1, -0.05) is 11.6 Å². The molecular formula is C17H19N5O. The van der Waals surface area contributed by atoms with Crippen molar-refractivity contribution in [1.82, 2.24) is 15.3 Å². The van der Waals surface area contributed by atoms with Gasteiger partial charge in [-0.15, -0.1) is 0 Å². The molecule has 0 radical (unpaired) electrons. The van der Waals surface area contributed by atoms with E-state index in [0.717, 1.165) is 31.5 Å². The van der Waals surface area contributed by atoms with Crippen LogP contribution in [-0.2, 0) is 0 Å². The van der Waals surface area contributed by atoms with E-state index >= 15 is 0 Å². The van der Waals surface area contributed by atoms with Gasteiger partial charge in [-0.2, -0.15) is 5.26 Å². The average molecular weight is 309 g/mol. The molecule has 0 spiro atoms. The Hall–Kier alpha value is -2.65. The fourth-order valence-electron chi connectivity index (χ4n) is 2.94. The predicted molar refractivity (Wildman–Crippen MR) is 87.8 cm³/mol. The third-order valence-corrected chi connectivity index (χ3v) is 4.15. The van der Waals surface area contributed by atoms with Crippen molar-refractivity contribution in [1.29, 1.82) is 5.26 Å². The summed E-state index contributed by atoms with van der Waals surface area (Å²) in [5, 5.41) is 22.8. The van der Waals surface area contributed by atoms with Crippen LogP contribution in [-0.4, -0.2) is 28.2 Å². The number of benzene rings is 1. The van der Waals surface area contributed by atoms with Crippen LogP contribution in [0.15, 0.2) is 18.2 Å². The Morgan fingerprint density at radius 3 is 2.91 bits per heavy atom.